The number of nitrogens with two attached hydrogens (primary N) is 1. The molecule has 1 rings (SSSR count). The molecular weight excluding hydrogens is 226 g/mol. The van der Waals surface area contributed by atoms with Gasteiger partial charge in [-0.25, -0.2) is 4.79 Å². The quantitative estimate of drug-likeness (QED) is 0.625. The number of rotatable bonds is 3. The zero-order valence-corrected chi connectivity index (χ0v) is 9.93. The monoisotopic (exact) mass is 243 g/mol. The summed E-state index contributed by atoms with van der Waals surface area (Å²) in [6.07, 6.45) is 0.585. The maximum Gasteiger partial charge on any atom is 0.312 e. The Morgan fingerprint density at radius 1 is 1.47 bits per heavy atom. The van der Waals surface area contributed by atoms with Gasteiger partial charge in [-0.1, -0.05) is 0 Å². The van der Waals surface area contributed by atoms with Crippen molar-refractivity contribution in [2.24, 2.45) is 11.7 Å². The van der Waals surface area contributed by atoms with E-state index < -0.39 is 12.1 Å². The smallest absolute Gasteiger partial charge is 0.312 e. The summed E-state index contributed by atoms with van der Waals surface area (Å²) in [4.78, 5) is 35.3. The minimum absolute atomic E-state index is 0.241. The molecule has 3 N–H and O–H groups in total. The first-order chi connectivity index (χ1) is 7.95. The Balaban J connectivity index is 2.50. The average molecular weight is 243 g/mol. The summed E-state index contributed by atoms with van der Waals surface area (Å²) in [6, 6.07) is -1.42. The number of ether oxygens (including phenoxy) is 1. The molecule has 7 nitrogen and oxygen atoms in total. The lowest BCUT2D eigenvalue weighted by Crippen LogP contribution is -2.48. The Morgan fingerprint density at radius 2 is 2.12 bits per heavy atom. The number of hydrogen-bond acceptors (Lipinski definition) is 4. The second-order valence-electron chi connectivity index (χ2n) is 4.02. The van der Waals surface area contributed by atoms with Gasteiger partial charge < -0.3 is 20.7 Å². The van der Waals surface area contributed by atoms with Crippen LogP contribution in [0.15, 0.2) is 0 Å². The van der Waals surface area contributed by atoms with Crippen molar-refractivity contribution in [3.05, 3.63) is 0 Å². The average Bonchev–Trinajstić information content (AvgIpc) is 2.75. The van der Waals surface area contributed by atoms with E-state index in [9.17, 15) is 14.4 Å². The molecule has 0 bridgehead atoms. The molecule has 0 aromatic rings. The molecule has 0 radical (unpaired) electrons. The van der Waals surface area contributed by atoms with Gasteiger partial charge in [-0.3, -0.25) is 9.59 Å². The number of nitrogens with zero attached hydrogens (tertiary/aromatic N) is 1. The van der Waals surface area contributed by atoms with Gasteiger partial charge in [0.1, 0.15) is 6.04 Å². The zero-order chi connectivity index (χ0) is 13.0. The van der Waals surface area contributed by atoms with E-state index in [-0.39, 0.29) is 17.8 Å². The molecule has 2 atom stereocenters. The van der Waals surface area contributed by atoms with E-state index in [0.29, 0.717) is 19.5 Å². The Kier molecular flexibility index (Phi) is 4.30. The minimum Gasteiger partial charge on any atom is -0.469 e. The highest BCUT2D eigenvalue weighted by Crippen LogP contribution is 2.18. The second-order valence-corrected chi connectivity index (χ2v) is 4.02. The number of primary amides is 1. The van der Waals surface area contributed by atoms with Crippen LogP contribution in [0, 0.1) is 5.92 Å². The van der Waals surface area contributed by atoms with Crippen molar-refractivity contribution < 1.29 is 19.1 Å². The number of methoxy groups -OCH3 is 1. The van der Waals surface area contributed by atoms with Gasteiger partial charge in [-0.05, 0) is 13.3 Å². The standard InChI is InChI=1S/C10H17N3O4/c1-6(12-10(11)16)8(14)13-4-3-7(5-13)9(15)17-2/h6-7H,3-5H2,1-2H3,(H3,11,12,16). The van der Waals surface area contributed by atoms with E-state index in [2.05, 4.69) is 10.1 Å². The molecule has 3 amide bonds. The third-order valence-corrected chi connectivity index (χ3v) is 2.76. The van der Waals surface area contributed by atoms with Crippen LogP contribution in [0.2, 0.25) is 0 Å². The van der Waals surface area contributed by atoms with E-state index in [1.165, 1.54) is 12.0 Å². The molecule has 0 spiro atoms. The predicted molar refractivity (Wildman–Crippen MR) is 58.9 cm³/mol. The maximum absolute atomic E-state index is 11.8. The predicted octanol–water partition coefficient (Wildman–Crippen LogP) is -0.935. The van der Waals surface area contributed by atoms with Crippen LogP contribution < -0.4 is 11.1 Å². The van der Waals surface area contributed by atoms with Crippen molar-refractivity contribution in [3.63, 3.8) is 0 Å². The molecule has 7 heteroatoms. The first kappa shape index (κ1) is 13.3. The van der Waals surface area contributed by atoms with E-state index in [1.54, 1.807) is 6.92 Å². The fourth-order valence-electron chi connectivity index (χ4n) is 1.87. The highest BCUT2D eigenvalue weighted by molar-refractivity contribution is 5.87. The number of likely N-dealkylation sites (tertiary alicyclic amines) is 1. The molecule has 96 valence electrons. The Bertz CT molecular complexity index is 332. The third kappa shape index (κ3) is 3.33. The van der Waals surface area contributed by atoms with Gasteiger partial charge >= 0.3 is 12.0 Å². The molecule has 0 saturated carbocycles. The number of urea groups is 1. The van der Waals surface area contributed by atoms with Crippen molar-refractivity contribution >= 4 is 17.9 Å². The lowest BCUT2D eigenvalue weighted by Gasteiger charge is -2.20. The van der Waals surface area contributed by atoms with Gasteiger partial charge in [0.15, 0.2) is 0 Å². The number of nitrogens with one attached hydrogen (secondary N) is 1. The molecule has 0 aromatic carbocycles. The fourth-order valence-corrected chi connectivity index (χ4v) is 1.87. The summed E-state index contributed by atoms with van der Waals surface area (Å²) in [7, 11) is 1.32. The zero-order valence-electron chi connectivity index (χ0n) is 9.93. The van der Waals surface area contributed by atoms with Gasteiger partial charge in [-0.2, -0.15) is 0 Å². The van der Waals surface area contributed by atoms with Crippen LogP contribution in [0.25, 0.3) is 0 Å². The maximum atomic E-state index is 11.8. The van der Waals surface area contributed by atoms with Crippen molar-refractivity contribution in [3.8, 4) is 0 Å². The van der Waals surface area contributed by atoms with Crippen LogP contribution in [0.5, 0.6) is 0 Å². The Hall–Kier alpha value is -1.79. The van der Waals surface area contributed by atoms with Gasteiger partial charge in [0.05, 0.1) is 13.0 Å². The minimum atomic E-state index is -0.741. The summed E-state index contributed by atoms with van der Waals surface area (Å²) < 4.78 is 4.62. The number of carbonyl (C=O) groups is 3. The third-order valence-electron chi connectivity index (χ3n) is 2.76. The topological polar surface area (TPSA) is 102 Å². The molecular formula is C10H17N3O4. The number of amides is 3. The van der Waals surface area contributed by atoms with E-state index in [4.69, 9.17) is 5.73 Å². The Morgan fingerprint density at radius 3 is 2.65 bits per heavy atom. The Labute approximate surface area is 99.3 Å². The number of esters is 1. The highest BCUT2D eigenvalue weighted by atomic mass is 16.5. The summed E-state index contributed by atoms with van der Waals surface area (Å²) in [6.45, 7) is 2.37. The molecule has 17 heavy (non-hydrogen) atoms. The molecule has 1 saturated heterocycles. The second kappa shape index (κ2) is 5.51. The van der Waals surface area contributed by atoms with Crippen LogP contribution in [-0.2, 0) is 14.3 Å². The first-order valence-corrected chi connectivity index (χ1v) is 5.38. The molecule has 1 aliphatic rings. The summed E-state index contributed by atoms with van der Waals surface area (Å²) in [5, 5.41) is 2.31. The molecule has 1 aliphatic heterocycles. The largest absolute Gasteiger partial charge is 0.469 e. The van der Waals surface area contributed by atoms with Crippen LogP contribution in [0.1, 0.15) is 13.3 Å². The number of hydrogen-bond donors (Lipinski definition) is 2. The lowest BCUT2D eigenvalue weighted by molar-refractivity contribution is -0.145. The van der Waals surface area contributed by atoms with Crippen LogP contribution in [-0.4, -0.2) is 49.0 Å². The van der Waals surface area contributed by atoms with E-state index in [0.717, 1.165) is 0 Å². The van der Waals surface area contributed by atoms with Gasteiger partial charge in [0.25, 0.3) is 0 Å². The molecule has 2 unspecified atom stereocenters. The normalized spacial score (nSPS) is 20.8. The van der Waals surface area contributed by atoms with Gasteiger partial charge in [0.2, 0.25) is 5.91 Å². The van der Waals surface area contributed by atoms with Crippen LogP contribution in [0.4, 0.5) is 4.79 Å². The lowest BCUT2D eigenvalue weighted by atomic mass is 10.1. The highest BCUT2D eigenvalue weighted by Gasteiger charge is 2.33. The molecule has 1 fully saturated rings. The molecule has 0 aromatic heterocycles. The van der Waals surface area contributed by atoms with Crippen LogP contribution in [0.3, 0.4) is 0 Å². The van der Waals surface area contributed by atoms with Crippen molar-refractivity contribution in [2.45, 2.75) is 19.4 Å². The molecule has 0 aliphatic carbocycles. The van der Waals surface area contributed by atoms with E-state index in [1.807, 2.05) is 0 Å². The summed E-state index contributed by atoms with van der Waals surface area (Å²) >= 11 is 0. The van der Waals surface area contributed by atoms with Gasteiger partial charge in [-0.15, -0.1) is 0 Å². The van der Waals surface area contributed by atoms with Crippen molar-refractivity contribution in [2.75, 3.05) is 20.2 Å². The van der Waals surface area contributed by atoms with E-state index >= 15 is 0 Å². The first-order valence-electron chi connectivity index (χ1n) is 5.38. The SMILES string of the molecule is COC(=O)C1CCN(C(=O)C(C)NC(N)=O)C1. The molecule has 1 heterocycles. The van der Waals surface area contributed by atoms with Gasteiger partial charge in [0, 0.05) is 13.1 Å². The van der Waals surface area contributed by atoms with Crippen molar-refractivity contribution in [1.29, 1.82) is 0 Å². The summed E-state index contributed by atoms with van der Waals surface area (Å²) in [5.74, 6) is -0.823. The number of carbonyl (C=O) groups excluding carboxylic acids is 3. The van der Waals surface area contributed by atoms with Crippen molar-refractivity contribution in [1.82, 2.24) is 10.2 Å². The van der Waals surface area contributed by atoms with Crippen LogP contribution >= 0.6 is 0 Å². The fraction of sp³-hybridized carbons (Fsp3) is 0.700. The summed E-state index contributed by atoms with van der Waals surface area (Å²) in [5.41, 5.74) is 4.93.